The van der Waals surface area contributed by atoms with Gasteiger partial charge in [-0.3, -0.25) is 9.05 Å². The van der Waals surface area contributed by atoms with E-state index in [4.69, 9.17) is 28.1 Å². The molecule has 1 unspecified atom stereocenters. The van der Waals surface area contributed by atoms with Gasteiger partial charge >= 0.3 is 13.9 Å². The Kier molecular flexibility index (Phi) is 9.43. The number of amides is 1. The summed E-state index contributed by atoms with van der Waals surface area (Å²) in [4.78, 5) is 11.0. The van der Waals surface area contributed by atoms with Crippen LogP contribution in [0.2, 0.25) is 0 Å². The summed E-state index contributed by atoms with van der Waals surface area (Å²) in [5, 5.41) is 11.1. The summed E-state index contributed by atoms with van der Waals surface area (Å²) in [5.74, 6) is 0.248. The minimum absolute atomic E-state index is 0.0112. The highest BCUT2D eigenvalue weighted by Crippen LogP contribution is 2.49. The monoisotopic (exact) mass is 361 g/mol. The number of phosphoric ester groups is 1. The van der Waals surface area contributed by atoms with Crippen molar-refractivity contribution >= 4 is 22.0 Å². The summed E-state index contributed by atoms with van der Waals surface area (Å²) in [7, 11) is -0.933. The molecule has 134 valence electrons. The second-order valence-corrected chi connectivity index (χ2v) is 5.98. The lowest BCUT2D eigenvalue weighted by Crippen LogP contribution is -2.18. The Balaban J connectivity index is 2.64. The number of rotatable bonds is 11. The Morgan fingerprint density at radius 3 is 2.46 bits per heavy atom. The molecule has 0 aliphatic rings. The van der Waals surface area contributed by atoms with Crippen LogP contribution in [0.5, 0.6) is 5.75 Å². The lowest BCUT2D eigenvalue weighted by Gasteiger charge is -2.18. The average Bonchev–Trinajstić information content (AvgIpc) is 2.59. The van der Waals surface area contributed by atoms with E-state index in [0.717, 1.165) is 5.56 Å². The molecule has 0 aromatic heterocycles. The topological polar surface area (TPSA) is 113 Å². The van der Waals surface area contributed by atoms with Gasteiger partial charge in [0.25, 0.3) is 8.05 Å². The standard InChI is InChI=1S/C13H21BNO8P/c1-15-13(17)19-10-11-2-4-12(5-3-11)23-24(18,21-7-6-16)22-9-8-20-14/h2-5,16H,6-10,14H2,1H3,(H,15,17). The minimum atomic E-state index is -3.87. The lowest BCUT2D eigenvalue weighted by atomic mass is 10.2. The number of carbonyl (C=O) groups excluding carboxylic acids is 1. The number of nitrogens with one attached hydrogen (secondary N) is 1. The maximum absolute atomic E-state index is 12.4. The number of hydrogen-bond donors (Lipinski definition) is 2. The van der Waals surface area contributed by atoms with Crippen molar-refractivity contribution in [3.8, 4) is 5.75 Å². The molecule has 0 bridgehead atoms. The molecule has 1 amide bonds. The van der Waals surface area contributed by atoms with Crippen LogP contribution in [-0.2, 0) is 29.6 Å². The van der Waals surface area contributed by atoms with Gasteiger partial charge in [-0.15, -0.1) is 0 Å². The molecule has 0 saturated heterocycles. The summed E-state index contributed by atoms with van der Waals surface area (Å²) >= 11 is 0. The first kappa shape index (κ1) is 20.5. The lowest BCUT2D eigenvalue weighted by molar-refractivity contribution is 0.116. The molecule has 2 N–H and O–H groups in total. The van der Waals surface area contributed by atoms with E-state index in [-0.39, 0.29) is 38.8 Å². The van der Waals surface area contributed by atoms with E-state index < -0.39 is 13.9 Å². The number of ether oxygens (including phenoxy) is 1. The molecule has 1 rings (SSSR count). The first-order valence-corrected chi connectivity index (χ1v) is 8.61. The molecule has 9 nitrogen and oxygen atoms in total. The number of carbonyl (C=O) groups is 1. The fraction of sp³-hybridized carbons (Fsp3) is 0.462. The molecule has 0 aliphatic heterocycles. The van der Waals surface area contributed by atoms with E-state index in [0.29, 0.717) is 0 Å². The fourth-order valence-corrected chi connectivity index (χ4v) is 2.63. The third-order valence-corrected chi connectivity index (χ3v) is 4.02. The van der Waals surface area contributed by atoms with Gasteiger partial charge in [0.05, 0.1) is 26.4 Å². The zero-order valence-electron chi connectivity index (χ0n) is 13.6. The second-order valence-electron chi connectivity index (χ2n) is 4.39. The maximum Gasteiger partial charge on any atom is 0.530 e. The Hall–Kier alpha value is -1.58. The Labute approximate surface area is 141 Å². The molecule has 0 spiro atoms. The Bertz CT molecular complexity index is 541. The number of hydrogen-bond acceptors (Lipinski definition) is 8. The van der Waals surface area contributed by atoms with Crippen LogP contribution < -0.4 is 9.84 Å². The van der Waals surface area contributed by atoms with Crippen molar-refractivity contribution in [2.75, 3.05) is 33.5 Å². The molecule has 0 fully saturated rings. The van der Waals surface area contributed by atoms with Crippen LogP contribution in [-0.4, -0.2) is 52.7 Å². The van der Waals surface area contributed by atoms with Crippen molar-refractivity contribution in [2.45, 2.75) is 6.61 Å². The van der Waals surface area contributed by atoms with Crippen LogP contribution in [0.15, 0.2) is 24.3 Å². The van der Waals surface area contributed by atoms with Crippen molar-refractivity contribution < 1.29 is 37.4 Å². The van der Waals surface area contributed by atoms with Crippen molar-refractivity contribution in [2.24, 2.45) is 0 Å². The van der Waals surface area contributed by atoms with E-state index in [9.17, 15) is 9.36 Å². The van der Waals surface area contributed by atoms with Crippen LogP contribution in [0.3, 0.4) is 0 Å². The van der Waals surface area contributed by atoms with Crippen molar-refractivity contribution in [3.05, 3.63) is 29.8 Å². The highest BCUT2D eigenvalue weighted by molar-refractivity contribution is 7.48. The first-order valence-electron chi connectivity index (χ1n) is 7.15. The number of aliphatic hydroxyl groups is 1. The number of alkyl carbamates (subject to hydrolysis) is 1. The Morgan fingerprint density at radius 2 is 1.88 bits per heavy atom. The summed E-state index contributed by atoms with van der Waals surface area (Å²) < 4.78 is 37.5. The predicted molar refractivity (Wildman–Crippen MR) is 87.4 cm³/mol. The zero-order chi connectivity index (χ0) is 17.8. The van der Waals surface area contributed by atoms with E-state index >= 15 is 0 Å². The number of aliphatic hydroxyl groups excluding tert-OH is 1. The molecule has 24 heavy (non-hydrogen) atoms. The van der Waals surface area contributed by atoms with E-state index in [1.165, 1.54) is 27.2 Å². The minimum Gasteiger partial charge on any atom is -0.445 e. The van der Waals surface area contributed by atoms with Crippen molar-refractivity contribution in [1.82, 2.24) is 5.32 Å². The molecule has 0 radical (unpaired) electrons. The van der Waals surface area contributed by atoms with Gasteiger partial charge in [0.15, 0.2) is 0 Å². The van der Waals surface area contributed by atoms with E-state index in [2.05, 4.69) is 5.32 Å². The molecule has 1 atom stereocenters. The van der Waals surface area contributed by atoms with Crippen LogP contribution in [0.1, 0.15) is 5.56 Å². The summed E-state index contributed by atoms with van der Waals surface area (Å²) in [6.45, 7) is -0.203. The molecule has 0 heterocycles. The second kappa shape index (κ2) is 11.1. The highest BCUT2D eigenvalue weighted by atomic mass is 31.2. The Morgan fingerprint density at radius 1 is 1.21 bits per heavy atom. The van der Waals surface area contributed by atoms with Crippen molar-refractivity contribution in [1.29, 1.82) is 0 Å². The van der Waals surface area contributed by atoms with Gasteiger partial charge in [0.1, 0.15) is 12.4 Å². The summed E-state index contributed by atoms with van der Waals surface area (Å²) in [6, 6.07) is 6.36. The van der Waals surface area contributed by atoms with E-state index in [1.54, 1.807) is 12.1 Å². The summed E-state index contributed by atoms with van der Waals surface area (Å²) in [6.07, 6.45) is -0.538. The van der Waals surface area contributed by atoms with Crippen LogP contribution in [0, 0.1) is 0 Å². The molecule has 0 saturated carbocycles. The molecule has 1 aromatic rings. The zero-order valence-corrected chi connectivity index (χ0v) is 14.5. The average molecular weight is 361 g/mol. The van der Waals surface area contributed by atoms with Gasteiger partial charge in [0, 0.05) is 7.05 Å². The summed E-state index contributed by atoms with van der Waals surface area (Å²) in [5.41, 5.74) is 0.720. The van der Waals surface area contributed by atoms with Gasteiger partial charge < -0.3 is 24.3 Å². The smallest absolute Gasteiger partial charge is 0.445 e. The third kappa shape index (κ3) is 7.80. The van der Waals surface area contributed by atoms with Gasteiger partial charge in [0.2, 0.25) is 0 Å². The predicted octanol–water partition coefficient (Wildman–Crippen LogP) is 0.620. The molecular weight excluding hydrogens is 340 g/mol. The van der Waals surface area contributed by atoms with Gasteiger partial charge in [-0.05, 0) is 17.7 Å². The largest absolute Gasteiger partial charge is 0.530 e. The number of phosphoric acid groups is 1. The molecule has 0 aliphatic carbocycles. The van der Waals surface area contributed by atoms with Crippen LogP contribution >= 0.6 is 7.82 Å². The quantitative estimate of drug-likeness (QED) is 0.335. The van der Waals surface area contributed by atoms with Gasteiger partial charge in [-0.1, -0.05) is 12.1 Å². The molecule has 11 heteroatoms. The molecule has 1 aromatic carbocycles. The van der Waals surface area contributed by atoms with Gasteiger partial charge in [-0.2, -0.15) is 0 Å². The highest BCUT2D eigenvalue weighted by Gasteiger charge is 2.28. The fourth-order valence-electron chi connectivity index (χ4n) is 1.47. The normalized spacial score (nSPS) is 13.1. The third-order valence-electron chi connectivity index (χ3n) is 2.59. The SMILES string of the molecule is BOCCOP(=O)(OCCO)Oc1ccc(COC(=O)NC)cc1. The first-order chi connectivity index (χ1) is 11.5. The van der Waals surface area contributed by atoms with Crippen LogP contribution in [0.4, 0.5) is 4.79 Å². The van der Waals surface area contributed by atoms with E-state index in [1.807, 2.05) is 0 Å². The number of benzene rings is 1. The maximum atomic E-state index is 12.4. The molecular formula is C13H21BNO8P. The van der Waals surface area contributed by atoms with Crippen LogP contribution in [0.25, 0.3) is 0 Å². The van der Waals surface area contributed by atoms with Crippen molar-refractivity contribution in [3.63, 3.8) is 0 Å². The van der Waals surface area contributed by atoms with Gasteiger partial charge in [-0.25, -0.2) is 9.36 Å².